The Balaban J connectivity index is 1.72. The number of carbonyl (C=O) groups is 1. The van der Waals surface area contributed by atoms with E-state index in [4.69, 9.17) is 9.47 Å². The zero-order valence-electron chi connectivity index (χ0n) is 15.9. The number of hydrogen-bond acceptors (Lipinski definition) is 4. The van der Waals surface area contributed by atoms with Crippen LogP contribution in [0.15, 0.2) is 24.3 Å². The molecule has 0 radical (unpaired) electrons. The van der Waals surface area contributed by atoms with E-state index in [0.717, 1.165) is 43.8 Å². The zero-order chi connectivity index (χ0) is 18.1. The van der Waals surface area contributed by atoms with Gasteiger partial charge in [0, 0.05) is 31.9 Å². The lowest BCUT2D eigenvalue weighted by Crippen LogP contribution is -2.64. The van der Waals surface area contributed by atoms with Gasteiger partial charge in [-0.2, -0.15) is 0 Å². The van der Waals surface area contributed by atoms with Crippen LogP contribution in [0.25, 0.3) is 0 Å². The first-order valence-electron chi connectivity index (χ1n) is 9.21. The predicted octanol–water partition coefficient (Wildman–Crippen LogP) is 3.08. The van der Waals surface area contributed by atoms with Gasteiger partial charge in [-0.05, 0) is 64.3 Å². The van der Waals surface area contributed by atoms with Crippen molar-refractivity contribution in [3.8, 4) is 5.75 Å². The average molecular weight is 346 g/mol. The summed E-state index contributed by atoms with van der Waals surface area (Å²) >= 11 is 0. The van der Waals surface area contributed by atoms with Gasteiger partial charge in [0.2, 0.25) is 0 Å². The Kier molecular flexibility index (Phi) is 4.96. The van der Waals surface area contributed by atoms with Crippen molar-refractivity contribution in [2.75, 3.05) is 38.3 Å². The average Bonchev–Trinajstić information content (AvgIpc) is 2.61. The molecule has 0 N–H and O–H groups in total. The minimum absolute atomic E-state index is 0.131. The molecule has 0 aliphatic carbocycles. The molecule has 5 heteroatoms. The maximum atomic E-state index is 13.1. The van der Waals surface area contributed by atoms with Crippen LogP contribution >= 0.6 is 0 Å². The predicted molar refractivity (Wildman–Crippen MR) is 99.2 cm³/mol. The quantitative estimate of drug-likeness (QED) is 0.843. The van der Waals surface area contributed by atoms with E-state index in [1.54, 1.807) is 7.11 Å². The van der Waals surface area contributed by atoms with Crippen molar-refractivity contribution < 1.29 is 14.3 Å². The highest BCUT2D eigenvalue weighted by atomic mass is 16.5. The normalized spacial score (nSPS) is 26.4. The molecule has 0 spiro atoms. The van der Waals surface area contributed by atoms with Crippen LogP contribution in [-0.4, -0.2) is 55.3 Å². The van der Waals surface area contributed by atoms with Gasteiger partial charge in [-0.15, -0.1) is 0 Å². The molecule has 0 bridgehead atoms. The molecule has 3 rings (SSSR count). The zero-order valence-corrected chi connectivity index (χ0v) is 15.9. The lowest BCUT2D eigenvalue weighted by molar-refractivity contribution is -0.163. The molecular formula is C20H30N2O3. The Bertz CT molecular complexity index is 606. The Morgan fingerprint density at radius 3 is 2.40 bits per heavy atom. The van der Waals surface area contributed by atoms with Gasteiger partial charge < -0.3 is 19.3 Å². The number of carbonyl (C=O) groups excluding carboxylic acids is 1. The van der Waals surface area contributed by atoms with E-state index in [0.29, 0.717) is 13.2 Å². The lowest BCUT2D eigenvalue weighted by atomic mass is 9.91. The molecule has 5 nitrogen and oxygen atoms in total. The molecule has 0 aromatic heterocycles. The number of hydrogen-bond donors (Lipinski definition) is 0. The van der Waals surface area contributed by atoms with Gasteiger partial charge in [-0.3, -0.25) is 4.79 Å². The van der Waals surface area contributed by atoms with Crippen LogP contribution in [-0.2, 0) is 9.53 Å². The van der Waals surface area contributed by atoms with Crippen LogP contribution < -0.4 is 9.64 Å². The number of benzene rings is 1. The minimum Gasteiger partial charge on any atom is -0.497 e. The second-order valence-corrected chi connectivity index (χ2v) is 7.93. The highest BCUT2D eigenvalue weighted by Crippen LogP contribution is 2.32. The van der Waals surface area contributed by atoms with Gasteiger partial charge in [-0.1, -0.05) is 0 Å². The number of rotatable bonds is 3. The fraction of sp³-hybridized carbons (Fsp3) is 0.650. The molecule has 0 saturated carbocycles. The van der Waals surface area contributed by atoms with E-state index in [-0.39, 0.29) is 11.4 Å². The van der Waals surface area contributed by atoms with Gasteiger partial charge in [0.1, 0.15) is 11.4 Å². The summed E-state index contributed by atoms with van der Waals surface area (Å²) in [5.74, 6) is 1.01. The van der Waals surface area contributed by atoms with E-state index < -0.39 is 5.60 Å². The smallest absolute Gasteiger partial charge is 0.254 e. The summed E-state index contributed by atoms with van der Waals surface area (Å²) in [7, 11) is 1.68. The monoisotopic (exact) mass is 346 g/mol. The molecular weight excluding hydrogens is 316 g/mol. The Labute approximate surface area is 150 Å². The van der Waals surface area contributed by atoms with Crippen molar-refractivity contribution in [3.63, 3.8) is 0 Å². The van der Waals surface area contributed by atoms with Crippen molar-refractivity contribution in [1.29, 1.82) is 0 Å². The molecule has 1 aromatic rings. The second kappa shape index (κ2) is 6.87. The third-order valence-electron chi connectivity index (χ3n) is 5.49. The number of nitrogens with zero attached hydrogens (tertiary/aromatic N) is 2. The molecule has 1 aromatic carbocycles. The van der Waals surface area contributed by atoms with Crippen LogP contribution in [0, 0.1) is 0 Å². The third-order valence-corrected chi connectivity index (χ3v) is 5.49. The molecule has 2 saturated heterocycles. The lowest BCUT2D eigenvalue weighted by Gasteiger charge is -2.50. The first-order chi connectivity index (χ1) is 11.9. The van der Waals surface area contributed by atoms with Gasteiger partial charge >= 0.3 is 0 Å². The van der Waals surface area contributed by atoms with Gasteiger partial charge in [-0.25, -0.2) is 0 Å². The van der Waals surface area contributed by atoms with Crippen molar-refractivity contribution in [2.45, 2.75) is 51.2 Å². The summed E-state index contributed by atoms with van der Waals surface area (Å²) in [6.45, 7) is 9.29. The number of piperazine rings is 1. The van der Waals surface area contributed by atoms with Gasteiger partial charge in [0.05, 0.1) is 12.6 Å². The van der Waals surface area contributed by atoms with Crippen molar-refractivity contribution in [1.82, 2.24) is 4.90 Å². The fourth-order valence-electron chi connectivity index (χ4n) is 4.01. The number of ether oxygens (including phenoxy) is 2. The van der Waals surface area contributed by atoms with E-state index >= 15 is 0 Å². The Hall–Kier alpha value is -1.75. The molecule has 138 valence electrons. The maximum absolute atomic E-state index is 13.1. The van der Waals surface area contributed by atoms with Crippen LogP contribution in [0.2, 0.25) is 0 Å². The molecule has 2 aliphatic rings. The molecule has 2 fully saturated rings. The van der Waals surface area contributed by atoms with Crippen molar-refractivity contribution >= 4 is 11.6 Å². The summed E-state index contributed by atoms with van der Waals surface area (Å²) < 4.78 is 11.1. The molecule has 25 heavy (non-hydrogen) atoms. The summed E-state index contributed by atoms with van der Waals surface area (Å²) in [5.41, 5.74) is 0.391. The minimum atomic E-state index is -0.642. The van der Waals surface area contributed by atoms with Crippen LogP contribution in [0.5, 0.6) is 5.75 Å². The van der Waals surface area contributed by atoms with Crippen LogP contribution in [0.1, 0.15) is 40.0 Å². The number of methoxy groups -OCH3 is 1. The summed E-state index contributed by atoms with van der Waals surface area (Å²) in [5, 5.41) is 0. The fourth-order valence-corrected chi connectivity index (χ4v) is 4.01. The molecule has 1 amide bonds. The first kappa shape index (κ1) is 18.1. The Morgan fingerprint density at radius 1 is 1.12 bits per heavy atom. The summed E-state index contributed by atoms with van der Waals surface area (Å²) in [6, 6.07) is 8.15. The van der Waals surface area contributed by atoms with Crippen LogP contribution in [0.3, 0.4) is 0 Å². The third kappa shape index (κ3) is 3.61. The second-order valence-electron chi connectivity index (χ2n) is 7.93. The summed E-state index contributed by atoms with van der Waals surface area (Å²) in [6.07, 6.45) is 2.95. The first-order valence-corrected chi connectivity index (χ1v) is 9.21. The van der Waals surface area contributed by atoms with Crippen molar-refractivity contribution in [2.24, 2.45) is 0 Å². The van der Waals surface area contributed by atoms with E-state index in [1.165, 1.54) is 0 Å². The van der Waals surface area contributed by atoms with Crippen molar-refractivity contribution in [3.05, 3.63) is 24.3 Å². The highest BCUT2D eigenvalue weighted by molar-refractivity contribution is 5.85. The Morgan fingerprint density at radius 2 is 1.84 bits per heavy atom. The molecule has 2 aliphatic heterocycles. The molecule has 2 heterocycles. The molecule has 1 unspecified atom stereocenters. The van der Waals surface area contributed by atoms with E-state index in [9.17, 15) is 4.79 Å². The largest absolute Gasteiger partial charge is 0.497 e. The molecule has 1 atom stereocenters. The van der Waals surface area contributed by atoms with Gasteiger partial charge in [0.25, 0.3) is 5.91 Å². The standard InChI is InChI=1S/C20H30N2O3/c1-19(2)15-21(18(23)20(3)11-5-6-14-25-20)12-13-22(19)16-7-9-17(24-4)10-8-16/h7-10H,5-6,11-15H2,1-4H3. The topological polar surface area (TPSA) is 42.0 Å². The highest BCUT2D eigenvalue weighted by Gasteiger charge is 2.43. The number of anilines is 1. The van der Waals surface area contributed by atoms with Crippen LogP contribution in [0.4, 0.5) is 5.69 Å². The van der Waals surface area contributed by atoms with E-state index in [2.05, 4.69) is 30.9 Å². The van der Waals surface area contributed by atoms with E-state index in [1.807, 2.05) is 24.0 Å². The SMILES string of the molecule is COc1ccc(N2CCN(C(=O)C3(C)CCCCO3)CC2(C)C)cc1. The maximum Gasteiger partial charge on any atom is 0.254 e. The summed E-state index contributed by atoms with van der Waals surface area (Å²) in [4.78, 5) is 17.4. The number of amides is 1. The van der Waals surface area contributed by atoms with Gasteiger partial charge in [0.15, 0.2) is 0 Å².